The van der Waals surface area contributed by atoms with Crippen molar-refractivity contribution < 1.29 is 4.42 Å². The van der Waals surface area contributed by atoms with E-state index in [0.717, 1.165) is 29.7 Å². The standard InChI is InChI=1S/C19H27NO/c1-3-11-20-19(16-10-9-14(4-2)12-16)18-13-15-7-5-6-8-17(15)21-18/h5-8,13-14,16,19-20H,3-4,9-12H2,1-2H3. The Morgan fingerprint density at radius 3 is 2.81 bits per heavy atom. The van der Waals surface area contributed by atoms with Crippen molar-refractivity contribution in [2.45, 2.75) is 52.0 Å². The van der Waals surface area contributed by atoms with Crippen LogP contribution in [0.2, 0.25) is 0 Å². The Morgan fingerprint density at radius 2 is 2.10 bits per heavy atom. The molecule has 1 saturated carbocycles. The van der Waals surface area contributed by atoms with E-state index in [1.165, 1.54) is 37.5 Å². The summed E-state index contributed by atoms with van der Waals surface area (Å²) in [5.74, 6) is 2.76. The molecule has 1 aromatic heterocycles. The third-order valence-electron chi connectivity index (χ3n) is 5.00. The third-order valence-corrected chi connectivity index (χ3v) is 5.00. The first-order valence-corrected chi connectivity index (χ1v) is 8.53. The molecule has 0 spiro atoms. The summed E-state index contributed by atoms with van der Waals surface area (Å²) in [7, 11) is 0. The van der Waals surface area contributed by atoms with Crippen LogP contribution < -0.4 is 5.32 Å². The van der Waals surface area contributed by atoms with Crippen LogP contribution in [0, 0.1) is 11.8 Å². The minimum atomic E-state index is 0.383. The van der Waals surface area contributed by atoms with E-state index in [1.54, 1.807) is 0 Å². The van der Waals surface area contributed by atoms with Gasteiger partial charge < -0.3 is 9.73 Å². The average molecular weight is 285 g/mol. The fraction of sp³-hybridized carbons (Fsp3) is 0.579. The molecule has 114 valence electrons. The molecule has 3 atom stereocenters. The fourth-order valence-electron chi connectivity index (χ4n) is 3.74. The van der Waals surface area contributed by atoms with Crippen LogP contribution in [0.25, 0.3) is 11.0 Å². The van der Waals surface area contributed by atoms with Crippen LogP contribution in [0.3, 0.4) is 0 Å². The van der Waals surface area contributed by atoms with Gasteiger partial charge >= 0.3 is 0 Å². The van der Waals surface area contributed by atoms with E-state index in [0.29, 0.717) is 6.04 Å². The van der Waals surface area contributed by atoms with Gasteiger partial charge in [0.15, 0.2) is 0 Å². The largest absolute Gasteiger partial charge is 0.459 e. The normalized spacial score (nSPS) is 23.7. The monoisotopic (exact) mass is 285 g/mol. The van der Waals surface area contributed by atoms with E-state index >= 15 is 0 Å². The van der Waals surface area contributed by atoms with E-state index in [9.17, 15) is 0 Å². The fourth-order valence-corrected chi connectivity index (χ4v) is 3.74. The van der Waals surface area contributed by atoms with Crippen LogP contribution in [0.1, 0.15) is 57.8 Å². The number of fused-ring (bicyclic) bond motifs is 1. The first kappa shape index (κ1) is 14.6. The predicted molar refractivity (Wildman–Crippen MR) is 88.4 cm³/mol. The second kappa shape index (κ2) is 6.65. The second-order valence-corrected chi connectivity index (χ2v) is 6.47. The van der Waals surface area contributed by atoms with Gasteiger partial charge in [-0.1, -0.05) is 44.9 Å². The topological polar surface area (TPSA) is 25.2 Å². The molecule has 2 nitrogen and oxygen atoms in total. The molecule has 2 aromatic rings. The molecule has 0 aliphatic heterocycles. The van der Waals surface area contributed by atoms with Gasteiger partial charge in [-0.05, 0) is 49.8 Å². The molecule has 1 aliphatic rings. The van der Waals surface area contributed by atoms with Gasteiger partial charge in [0.25, 0.3) is 0 Å². The molecule has 21 heavy (non-hydrogen) atoms. The van der Waals surface area contributed by atoms with E-state index in [1.807, 2.05) is 6.07 Å². The Labute approximate surface area is 127 Å². The summed E-state index contributed by atoms with van der Waals surface area (Å²) in [6.07, 6.45) is 6.54. The quantitative estimate of drug-likeness (QED) is 0.779. The lowest BCUT2D eigenvalue weighted by molar-refractivity contribution is 0.311. The summed E-state index contributed by atoms with van der Waals surface area (Å²) < 4.78 is 6.15. The molecule has 0 bridgehead atoms. The molecule has 0 radical (unpaired) electrons. The van der Waals surface area contributed by atoms with Gasteiger partial charge in [-0.3, -0.25) is 0 Å². The Hall–Kier alpha value is -1.28. The molecule has 1 heterocycles. The van der Waals surface area contributed by atoms with Crippen molar-refractivity contribution in [3.63, 3.8) is 0 Å². The van der Waals surface area contributed by atoms with Gasteiger partial charge in [0.2, 0.25) is 0 Å². The van der Waals surface area contributed by atoms with Gasteiger partial charge in [0, 0.05) is 5.39 Å². The zero-order valence-corrected chi connectivity index (χ0v) is 13.3. The van der Waals surface area contributed by atoms with Gasteiger partial charge in [0.1, 0.15) is 11.3 Å². The molecule has 2 heteroatoms. The molecule has 1 aromatic carbocycles. The lowest BCUT2D eigenvalue weighted by atomic mass is 9.93. The minimum absolute atomic E-state index is 0.383. The maximum absolute atomic E-state index is 6.15. The van der Waals surface area contributed by atoms with Gasteiger partial charge in [-0.15, -0.1) is 0 Å². The minimum Gasteiger partial charge on any atom is -0.459 e. The number of hydrogen-bond donors (Lipinski definition) is 1. The number of rotatable bonds is 6. The van der Waals surface area contributed by atoms with Crippen LogP contribution in [-0.4, -0.2) is 6.54 Å². The lowest BCUT2D eigenvalue weighted by Crippen LogP contribution is -2.27. The SMILES string of the molecule is CCCNC(c1cc2ccccc2o1)C1CCC(CC)C1. The lowest BCUT2D eigenvalue weighted by Gasteiger charge is -2.23. The highest BCUT2D eigenvalue weighted by Gasteiger charge is 2.32. The molecule has 3 unspecified atom stereocenters. The van der Waals surface area contributed by atoms with Crippen LogP contribution in [0.15, 0.2) is 34.7 Å². The molecular formula is C19H27NO. The molecule has 1 aliphatic carbocycles. The van der Waals surface area contributed by atoms with Crippen LogP contribution in [-0.2, 0) is 0 Å². The van der Waals surface area contributed by atoms with Crippen LogP contribution in [0.4, 0.5) is 0 Å². The number of para-hydroxylation sites is 1. The van der Waals surface area contributed by atoms with Crippen molar-refractivity contribution >= 4 is 11.0 Å². The third kappa shape index (κ3) is 3.16. The Bertz CT molecular complexity index is 541. The summed E-state index contributed by atoms with van der Waals surface area (Å²) in [6.45, 7) is 5.61. The summed E-state index contributed by atoms with van der Waals surface area (Å²) in [5.41, 5.74) is 1.01. The van der Waals surface area contributed by atoms with Crippen molar-refractivity contribution in [1.82, 2.24) is 5.32 Å². The Balaban J connectivity index is 1.84. The Kier molecular flexibility index (Phi) is 4.64. The molecular weight excluding hydrogens is 258 g/mol. The molecule has 1 N–H and O–H groups in total. The second-order valence-electron chi connectivity index (χ2n) is 6.47. The number of nitrogens with one attached hydrogen (secondary N) is 1. The van der Waals surface area contributed by atoms with Crippen molar-refractivity contribution in [1.29, 1.82) is 0 Å². The first-order valence-electron chi connectivity index (χ1n) is 8.53. The Morgan fingerprint density at radius 1 is 1.24 bits per heavy atom. The highest BCUT2D eigenvalue weighted by atomic mass is 16.3. The summed E-state index contributed by atoms with van der Waals surface area (Å²) in [6, 6.07) is 11.0. The van der Waals surface area contributed by atoms with E-state index in [-0.39, 0.29) is 0 Å². The van der Waals surface area contributed by atoms with Crippen molar-refractivity contribution in [3.8, 4) is 0 Å². The van der Waals surface area contributed by atoms with Crippen LogP contribution in [0.5, 0.6) is 0 Å². The van der Waals surface area contributed by atoms with Crippen LogP contribution >= 0.6 is 0 Å². The van der Waals surface area contributed by atoms with E-state index in [2.05, 4.69) is 43.4 Å². The van der Waals surface area contributed by atoms with E-state index < -0.39 is 0 Å². The average Bonchev–Trinajstić information content (AvgIpc) is 3.14. The van der Waals surface area contributed by atoms with Gasteiger partial charge in [-0.2, -0.15) is 0 Å². The zero-order valence-electron chi connectivity index (χ0n) is 13.3. The van der Waals surface area contributed by atoms with Gasteiger partial charge in [-0.25, -0.2) is 0 Å². The van der Waals surface area contributed by atoms with Crippen molar-refractivity contribution in [2.75, 3.05) is 6.54 Å². The van der Waals surface area contributed by atoms with Crippen molar-refractivity contribution in [2.24, 2.45) is 11.8 Å². The first-order chi connectivity index (χ1) is 10.3. The molecule has 0 saturated heterocycles. The highest BCUT2D eigenvalue weighted by molar-refractivity contribution is 5.77. The molecule has 1 fully saturated rings. The maximum Gasteiger partial charge on any atom is 0.134 e. The highest BCUT2D eigenvalue weighted by Crippen LogP contribution is 2.41. The summed E-state index contributed by atoms with van der Waals surface area (Å²) >= 11 is 0. The molecule has 0 amide bonds. The number of furan rings is 1. The summed E-state index contributed by atoms with van der Waals surface area (Å²) in [5, 5.41) is 4.96. The zero-order chi connectivity index (χ0) is 14.7. The summed E-state index contributed by atoms with van der Waals surface area (Å²) in [4.78, 5) is 0. The number of hydrogen-bond acceptors (Lipinski definition) is 2. The molecule has 3 rings (SSSR count). The van der Waals surface area contributed by atoms with E-state index in [4.69, 9.17) is 4.42 Å². The smallest absolute Gasteiger partial charge is 0.134 e. The van der Waals surface area contributed by atoms with Crippen molar-refractivity contribution in [3.05, 3.63) is 36.1 Å². The van der Waals surface area contributed by atoms with Gasteiger partial charge in [0.05, 0.1) is 6.04 Å². The maximum atomic E-state index is 6.15. The number of benzene rings is 1. The predicted octanol–water partition coefficient (Wildman–Crippen LogP) is 5.30.